The largest absolute Gasteiger partial charge is 0.497 e. The van der Waals surface area contributed by atoms with Gasteiger partial charge in [-0.05, 0) is 48.5 Å². The van der Waals surface area contributed by atoms with Crippen molar-refractivity contribution in [3.63, 3.8) is 0 Å². The zero-order valence-corrected chi connectivity index (χ0v) is 19.5. The second-order valence-electron chi connectivity index (χ2n) is 8.68. The zero-order valence-electron chi connectivity index (χ0n) is 19.5. The zero-order chi connectivity index (χ0) is 24.9. The van der Waals surface area contributed by atoms with E-state index in [9.17, 15) is 24.2 Å². The van der Waals surface area contributed by atoms with E-state index in [0.717, 1.165) is 5.69 Å². The van der Waals surface area contributed by atoms with Gasteiger partial charge in [0, 0.05) is 44.0 Å². The van der Waals surface area contributed by atoms with Crippen LogP contribution in [-0.2, 0) is 9.53 Å². The van der Waals surface area contributed by atoms with Crippen molar-refractivity contribution < 1.29 is 33.7 Å². The summed E-state index contributed by atoms with van der Waals surface area (Å²) in [5.41, 5.74) is 1.32. The smallest absolute Gasteiger partial charge is 0.251 e. The van der Waals surface area contributed by atoms with Crippen molar-refractivity contribution in [2.75, 3.05) is 44.7 Å². The number of ether oxygens (including phenoxy) is 2. The van der Waals surface area contributed by atoms with Gasteiger partial charge in [0.15, 0.2) is 0 Å². The molecule has 0 saturated carbocycles. The third-order valence-corrected chi connectivity index (χ3v) is 6.48. The van der Waals surface area contributed by atoms with Crippen LogP contribution in [0.4, 0.5) is 10.1 Å². The maximum Gasteiger partial charge on any atom is 0.251 e. The van der Waals surface area contributed by atoms with E-state index >= 15 is 0 Å². The summed E-state index contributed by atoms with van der Waals surface area (Å²) >= 11 is 0. The Morgan fingerprint density at radius 1 is 1.00 bits per heavy atom. The van der Waals surface area contributed by atoms with E-state index in [-0.39, 0.29) is 30.6 Å². The van der Waals surface area contributed by atoms with Crippen LogP contribution in [0.3, 0.4) is 0 Å². The number of methoxy groups -OCH3 is 1. The lowest BCUT2D eigenvalue weighted by Crippen LogP contribution is -2.49. The van der Waals surface area contributed by atoms with Crippen molar-refractivity contribution in [1.29, 1.82) is 0 Å². The highest BCUT2D eigenvalue weighted by Crippen LogP contribution is 2.25. The van der Waals surface area contributed by atoms with E-state index in [4.69, 9.17) is 9.47 Å². The predicted octanol–water partition coefficient (Wildman–Crippen LogP) is 0.792. The molecule has 2 amide bonds. The first-order valence-corrected chi connectivity index (χ1v) is 11.6. The van der Waals surface area contributed by atoms with Gasteiger partial charge in [0.05, 0.1) is 19.6 Å². The van der Waals surface area contributed by atoms with Crippen LogP contribution in [0.2, 0.25) is 0 Å². The number of hydrogen-bond donors (Lipinski definition) is 3. The van der Waals surface area contributed by atoms with Gasteiger partial charge in [-0.2, -0.15) is 0 Å². The first kappa shape index (κ1) is 24.9. The minimum absolute atomic E-state index is 0.00980. The molecule has 0 bridgehead atoms. The number of amides is 2. The van der Waals surface area contributed by atoms with E-state index in [1.165, 1.54) is 19.2 Å². The molecule has 2 aromatic rings. The normalized spacial score (nSPS) is 24.3. The van der Waals surface area contributed by atoms with Gasteiger partial charge in [-0.3, -0.25) is 9.59 Å². The topological polar surface area (TPSA) is 112 Å². The summed E-state index contributed by atoms with van der Waals surface area (Å²) in [4.78, 5) is 28.9. The number of rotatable bonds is 7. The standard InChI is InChI=1S/C25H30FN3O6/c1-34-19-8-2-16(3-9-19)25(33)27-15-21-24(32)23(31)20(35-21)14-22(30)29-12-10-28(11-13-29)18-6-4-17(26)5-7-18/h2-9,20-21,23-24,31-32H,10-15H2,1H3,(H,27,33)/t20-,21+,23-,24+/m0/s1. The highest BCUT2D eigenvalue weighted by atomic mass is 19.1. The Morgan fingerprint density at radius 2 is 1.63 bits per heavy atom. The fourth-order valence-corrected chi connectivity index (χ4v) is 4.37. The van der Waals surface area contributed by atoms with Crippen molar-refractivity contribution in [3.05, 3.63) is 59.9 Å². The molecule has 3 N–H and O–H groups in total. The van der Waals surface area contributed by atoms with Gasteiger partial charge in [0.25, 0.3) is 5.91 Å². The second kappa shape index (κ2) is 11.0. The number of anilines is 1. The van der Waals surface area contributed by atoms with Gasteiger partial charge in [-0.25, -0.2) is 4.39 Å². The van der Waals surface area contributed by atoms with E-state index in [0.29, 0.717) is 37.5 Å². The van der Waals surface area contributed by atoms with Crippen LogP contribution >= 0.6 is 0 Å². The highest BCUT2D eigenvalue weighted by Gasteiger charge is 2.44. The summed E-state index contributed by atoms with van der Waals surface area (Å²) in [5, 5.41) is 23.5. The minimum Gasteiger partial charge on any atom is -0.497 e. The van der Waals surface area contributed by atoms with Gasteiger partial charge in [0.2, 0.25) is 5.91 Å². The maximum absolute atomic E-state index is 13.1. The summed E-state index contributed by atoms with van der Waals surface area (Å²) < 4.78 is 24.0. The van der Waals surface area contributed by atoms with Gasteiger partial charge >= 0.3 is 0 Å². The monoisotopic (exact) mass is 487 g/mol. The van der Waals surface area contributed by atoms with Crippen molar-refractivity contribution in [3.8, 4) is 5.75 Å². The average Bonchev–Trinajstić information content (AvgIpc) is 3.15. The Balaban J connectivity index is 1.24. The first-order valence-electron chi connectivity index (χ1n) is 11.6. The van der Waals surface area contributed by atoms with Gasteiger partial charge in [-0.15, -0.1) is 0 Å². The van der Waals surface area contributed by atoms with Gasteiger partial charge in [-0.1, -0.05) is 0 Å². The third-order valence-electron chi connectivity index (χ3n) is 6.48. The summed E-state index contributed by atoms with van der Waals surface area (Å²) in [6.07, 6.45) is -4.23. The molecule has 2 fully saturated rings. The third kappa shape index (κ3) is 5.90. The molecule has 2 aromatic carbocycles. The molecule has 0 aromatic heterocycles. The number of hydrogen-bond acceptors (Lipinski definition) is 7. The summed E-state index contributed by atoms with van der Waals surface area (Å²) in [6.45, 7) is 2.18. The SMILES string of the molecule is COc1ccc(C(=O)NC[C@H]2O[C@@H](CC(=O)N3CCN(c4ccc(F)cc4)CC3)[C@H](O)[C@@H]2O)cc1. The van der Waals surface area contributed by atoms with Gasteiger partial charge < -0.3 is 34.8 Å². The molecule has 0 spiro atoms. The average molecular weight is 488 g/mol. The predicted molar refractivity (Wildman–Crippen MR) is 126 cm³/mol. The Labute approximate surface area is 203 Å². The van der Waals surface area contributed by atoms with Crippen LogP contribution in [-0.4, -0.2) is 91.2 Å². The summed E-state index contributed by atoms with van der Waals surface area (Å²) in [6, 6.07) is 12.8. The number of nitrogens with zero attached hydrogens (tertiary/aromatic N) is 2. The van der Waals surface area contributed by atoms with Crippen molar-refractivity contribution in [2.24, 2.45) is 0 Å². The van der Waals surface area contributed by atoms with Gasteiger partial charge in [0.1, 0.15) is 29.9 Å². The fraction of sp³-hybridized carbons (Fsp3) is 0.440. The number of aliphatic hydroxyl groups is 2. The van der Waals surface area contributed by atoms with Crippen molar-refractivity contribution in [1.82, 2.24) is 10.2 Å². The van der Waals surface area contributed by atoms with Crippen molar-refractivity contribution in [2.45, 2.75) is 30.8 Å². The number of piperazine rings is 1. The lowest BCUT2D eigenvalue weighted by atomic mass is 10.0. The lowest BCUT2D eigenvalue weighted by molar-refractivity contribution is -0.135. The van der Waals surface area contributed by atoms with Crippen molar-refractivity contribution >= 4 is 17.5 Å². The quantitative estimate of drug-likeness (QED) is 0.530. The molecule has 2 heterocycles. The molecule has 2 aliphatic heterocycles. The maximum atomic E-state index is 13.1. The van der Waals surface area contributed by atoms with E-state index in [1.54, 1.807) is 41.3 Å². The molecule has 0 aliphatic carbocycles. The molecule has 0 radical (unpaired) electrons. The molecule has 4 atom stereocenters. The molecule has 10 heteroatoms. The molecule has 0 unspecified atom stereocenters. The molecule has 2 saturated heterocycles. The lowest BCUT2D eigenvalue weighted by Gasteiger charge is -2.36. The van der Waals surface area contributed by atoms with Crippen LogP contribution in [0.15, 0.2) is 48.5 Å². The van der Waals surface area contributed by atoms with E-state index < -0.39 is 24.4 Å². The fourth-order valence-electron chi connectivity index (χ4n) is 4.37. The molecule has 9 nitrogen and oxygen atoms in total. The van der Waals surface area contributed by atoms with Crippen LogP contribution in [0.5, 0.6) is 5.75 Å². The first-order chi connectivity index (χ1) is 16.9. The summed E-state index contributed by atoms with van der Waals surface area (Å²) in [7, 11) is 1.54. The number of nitrogens with one attached hydrogen (secondary N) is 1. The van der Waals surface area contributed by atoms with Crippen LogP contribution in [0, 0.1) is 5.82 Å². The van der Waals surface area contributed by atoms with E-state index in [1.807, 2.05) is 0 Å². The Kier molecular flexibility index (Phi) is 7.84. The second-order valence-corrected chi connectivity index (χ2v) is 8.68. The molecule has 188 valence electrons. The minimum atomic E-state index is -1.23. The highest BCUT2D eigenvalue weighted by molar-refractivity contribution is 5.94. The molecular weight excluding hydrogens is 457 g/mol. The number of halogens is 1. The number of carbonyl (C=O) groups is 2. The molecule has 2 aliphatic rings. The Morgan fingerprint density at radius 3 is 2.26 bits per heavy atom. The Bertz CT molecular complexity index is 1010. The molecular formula is C25H30FN3O6. The number of benzene rings is 2. The summed E-state index contributed by atoms with van der Waals surface area (Å²) in [5.74, 6) is -0.193. The molecule has 35 heavy (non-hydrogen) atoms. The number of carbonyl (C=O) groups excluding carboxylic acids is 2. The van der Waals surface area contributed by atoms with Crippen LogP contribution in [0.1, 0.15) is 16.8 Å². The Hall–Kier alpha value is -3.21. The van der Waals surface area contributed by atoms with E-state index in [2.05, 4.69) is 10.2 Å². The molecule has 4 rings (SSSR count). The van der Waals surface area contributed by atoms with Crippen LogP contribution < -0.4 is 15.0 Å². The number of aliphatic hydroxyl groups excluding tert-OH is 2. The van der Waals surface area contributed by atoms with Crippen LogP contribution in [0.25, 0.3) is 0 Å².